The van der Waals surface area contributed by atoms with Gasteiger partial charge in [-0.05, 0) is 37.9 Å². The highest BCUT2D eigenvalue weighted by Crippen LogP contribution is 2.20. The molecule has 1 N–H and O–H groups in total. The summed E-state index contributed by atoms with van der Waals surface area (Å²) in [7, 11) is 1.59. The fraction of sp³-hybridized carbons (Fsp3) is 0.500. The maximum atomic E-state index is 5.34. The van der Waals surface area contributed by atoms with Gasteiger partial charge in [0.15, 0.2) is 0 Å². The van der Waals surface area contributed by atoms with Gasteiger partial charge in [-0.3, -0.25) is 0 Å². The second-order valence-electron chi connectivity index (χ2n) is 5.00. The second-order valence-corrected chi connectivity index (χ2v) is 5.00. The molecule has 1 aliphatic heterocycles. The van der Waals surface area contributed by atoms with E-state index >= 15 is 0 Å². The first kappa shape index (κ1) is 13.1. The highest BCUT2D eigenvalue weighted by Gasteiger charge is 2.17. The summed E-state index contributed by atoms with van der Waals surface area (Å²) in [4.78, 5) is 8.60. The number of piperidine rings is 1. The summed E-state index contributed by atoms with van der Waals surface area (Å²) >= 11 is 0. The lowest BCUT2D eigenvalue weighted by molar-refractivity contribution is 0.313. The fourth-order valence-electron chi connectivity index (χ4n) is 2.42. The third-order valence-corrected chi connectivity index (χ3v) is 3.59. The zero-order valence-electron chi connectivity index (χ0n) is 11.5. The molecule has 0 aliphatic carbocycles. The Hall–Kier alpha value is -1.95. The molecule has 1 aliphatic rings. The van der Waals surface area contributed by atoms with Crippen molar-refractivity contribution in [3.63, 3.8) is 0 Å². The van der Waals surface area contributed by atoms with Gasteiger partial charge in [0, 0.05) is 24.2 Å². The number of hydrogen-bond donors (Lipinski definition) is 1. The standard InChI is InChI=1S/C14H18N4O2/c1-19-12-3-2-11(9-16-12)14-17-13(20-18-14)8-10-4-6-15-7-5-10/h2-3,9-10,15H,4-8H2,1H3. The predicted molar refractivity (Wildman–Crippen MR) is 73.4 cm³/mol. The number of hydrogen-bond acceptors (Lipinski definition) is 6. The molecule has 0 radical (unpaired) electrons. The van der Waals surface area contributed by atoms with E-state index < -0.39 is 0 Å². The van der Waals surface area contributed by atoms with E-state index in [0.717, 1.165) is 25.1 Å². The van der Waals surface area contributed by atoms with Gasteiger partial charge in [0.1, 0.15) is 0 Å². The Labute approximate surface area is 117 Å². The third-order valence-electron chi connectivity index (χ3n) is 3.59. The molecule has 0 atom stereocenters. The van der Waals surface area contributed by atoms with Gasteiger partial charge in [-0.2, -0.15) is 4.98 Å². The first-order valence-corrected chi connectivity index (χ1v) is 6.89. The normalized spacial score (nSPS) is 16.2. The Morgan fingerprint density at radius 3 is 2.90 bits per heavy atom. The minimum Gasteiger partial charge on any atom is -0.481 e. The maximum Gasteiger partial charge on any atom is 0.227 e. The van der Waals surface area contributed by atoms with Crippen molar-refractivity contribution in [2.75, 3.05) is 20.2 Å². The van der Waals surface area contributed by atoms with Crippen LogP contribution in [0.15, 0.2) is 22.9 Å². The molecule has 0 bridgehead atoms. The molecular formula is C14H18N4O2. The van der Waals surface area contributed by atoms with Crippen LogP contribution < -0.4 is 10.1 Å². The smallest absolute Gasteiger partial charge is 0.227 e. The third kappa shape index (κ3) is 2.96. The zero-order chi connectivity index (χ0) is 13.8. The first-order valence-electron chi connectivity index (χ1n) is 6.89. The quantitative estimate of drug-likeness (QED) is 0.914. The summed E-state index contributed by atoms with van der Waals surface area (Å²) in [6, 6.07) is 3.67. The highest BCUT2D eigenvalue weighted by molar-refractivity contribution is 5.52. The molecule has 2 aromatic heterocycles. The molecule has 6 nitrogen and oxygen atoms in total. The number of pyridine rings is 1. The van der Waals surface area contributed by atoms with Crippen LogP contribution in [0.5, 0.6) is 5.88 Å². The average molecular weight is 274 g/mol. The molecule has 106 valence electrons. The minimum absolute atomic E-state index is 0.576. The van der Waals surface area contributed by atoms with Crippen molar-refractivity contribution in [3.8, 4) is 17.3 Å². The van der Waals surface area contributed by atoms with Crippen LogP contribution in [0.3, 0.4) is 0 Å². The number of nitrogens with one attached hydrogen (secondary N) is 1. The van der Waals surface area contributed by atoms with Gasteiger partial charge in [-0.1, -0.05) is 5.16 Å². The van der Waals surface area contributed by atoms with Gasteiger partial charge in [-0.25, -0.2) is 4.98 Å². The van der Waals surface area contributed by atoms with Crippen molar-refractivity contribution in [3.05, 3.63) is 24.2 Å². The van der Waals surface area contributed by atoms with Gasteiger partial charge in [0.25, 0.3) is 0 Å². The Bertz CT molecular complexity index is 547. The molecule has 0 amide bonds. The molecule has 20 heavy (non-hydrogen) atoms. The van der Waals surface area contributed by atoms with Gasteiger partial charge < -0.3 is 14.6 Å². The Kier molecular flexibility index (Phi) is 3.92. The van der Waals surface area contributed by atoms with Crippen molar-refractivity contribution >= 4 is 0 Å². The predicted octanol–water partition coefficient (Wildman–Crippen LogP) is 1.68. The van der Waals surface area contributed by atoms with Crippen LogP contribution in [-0.2, 0) is 6.42 Å². The SMILES string of the molecule is COc1ccc(-c2noc(CC3CCNCC3)n2)cn1. The van der Waals surface area contributed by atoms with E-state index in [9.17, 15) is 0 Å². The second kappa shape index (κ2) is 6.00. The van der Waals surface area contributed by atoms with E-state index in [1.165, 1.54) is 12.8 Å². The monoisotopic (exact) mass is 274 g/mol. The average Bonchev–Trinajstić information content (AvgIpc) is 2.97. The van der Waals surface area contributed by atoms with Crippen molar-refractivity contribution in [2.24, 2.45) is 5.92 Å². The summed E-state index contributed by atoms with van der Waals surface area (Å²) in [6.07, 6.45) is 4.89. The summed E-state index contributed by atoms with van der Waals surface area (Å²) in [5.74, 6) is 2.51. The van der Waals surface area contributed by atoms with E-state index in [-0.39, 0.29) is 0 Å². The molecule has 0 unspecified atom stereocenters. The summed E-state index contributed by atoms with van der Waals surface area (Å²) in [6.45, 7) is 2.15. The molecule has 3 heterocycles. The lowest BCUT2D eigenvalue weighted by Gasteiger charge is -2.20. The van der Waals surface area contributed by atoms with Crippen LogP contribution in [0.25, 0.3) is 11.4 Å². The molecule has 1 fully saturated rings. The maximum absolute atomic E-state index is 5.34. The van der Waals surface area contributed by atoms with Gasteiger partial charge >= 0.3 is 0 Å². The van der Waals surface area contributed by atoms with Crippen molar-refractivity contribution in [2.45, 2.75) is 19.3 Å². The zero-order valence-corrected chi connectivity index (χ0v) is 11.5. The lowest BCUT2D eigenvalue weighted by atomic mass is 9.95. The van der Waals surface area contributed by atoms with Crippen molar-refractivity contribution in [1.29, 1.82) is 0 Å². The molecule has 0 saturated carbocycles. The largest absolute Gasteiger partial charge is 0.481 e. The lowest BCUT2D eigenvalue weighted by Crippen LogP contribution is -2.28. The van der Waals surface area contributed by atoms with Crippen LogP contribution in [-0.4, -0.2) is 35.3 Å². The van der Waals surface area contributed by atoms with Gasteiger partial charge in [0.05, 0.1) is 7.11 Å². The first-order chi connectivity index (χ1) is 9.85. The number of rotatable bonds is 4. The van der Waals surface area contributed by atoms with E-state index in [1.54, 1.807) is 19.4 Å². The Morgan fingerprint density at radius 2 is 2.20 bits per heavy atom. The van der Waals surface area contributed by atoms with E-state index in [1.807, 2.05) is 6.07 Å². The molecule has 3 rings (SSSR count). The molecule has 6 heteroatoms. The van der Waals surface area contributed by atoms with Crippen LogP contribution >= 0.6 is 0 Å². The Balaban J connectivity index is 1.68. The highest BCUT2D eigenvalue weighted by atomic mass is 16.5. The van der Waals surface area contributed by atoms with Crippen LogP contribution in [0, 0.1) is 5.92 Å². The van der Waals surface area contributed by atoms with E-state index in [4.69, 9.17) is 9.26 Å². The molecule has 1 saturated heterocycles. The summed E-state index contributed by atoms with van der Waals surface area (Å²) in [5.41, 5.74) is 0.839. The molecule has 2 aromatic rings. The number of nitrogens with zero attached hydrogens (tertiary/aromatic N) is 3. The van der Waals surface area contributed by atoms with Gasteiger partial charge in [0.2, 0.25) is 17.6 Å². The minimum atomic E-state index is 0.576. The number of aromatic nitrogens is 3. The number of methoxy groups -OCH3 is 1. The van der Waals surface area contributed by atoms with Crippen LogP contribution in [0.4, 0.5) is 0 Å². The van der Waals surface area contributed by atoms with Crippen LogP contribution in [0.1, 0.15) is 18.7 Å². The molecule has 0 aromatic carbocycles. The fourth-order valence-corrected chi connectivity index (χ4v) is 2.42. The molecule has 0 spiro atoms. The number of ether oxygens (including phenoxy) is 1. The van der Waals surface area contributed by atoms with E-state index in [0.29, 0.717) is 23.5 Å². The Morgan fingerprint density at radius 1 is 1.35 bits per heavy atom. The summed E-state index contributed by atoms with van der Waals surface area (Å²) in [5, 5.41) is 7.38. The van der Waals surface area contributed by atoms with E-state index in [2.05, 4.69) is 20.4 Å². The van der Waals surface area contributed by atoms with Gasteiger partial charge in [-0.15, -0.1) is 0 Å². The van der Waals surface area contributed by atoms with Crippen LogP contribution in [0.2, 0.25) is 0 Å². The summed E-state index contributed by atoms with van der Waals surface area (Å²) < 4.78 is 10.4. The van der Waals surface area contributed by atoms with Crippen molar-refractivity contribution in [1.82, 2.24) is 20.4 Å². The topological polar surface area (TPSA) is 73.1 Å². The molecular weight excluding hydrogens is 256 g/mol. The van der Waals surface area contributed by atoms with Crippen molar-refractivity contribution < 1.29 is 9.26 Å².